The summed E-state index contributed by atoms with van der Waals surface area (Å²) in [6, 6.07) is 0.925. The van der Waals surface area contributed by atoms with Crippen LogP contribution in [0.15, 0.2) is 0 Å². The van der Waals surface area contributed by atoms with E-state index < -0.39 is 0 Å². The Labute approximate surface area is 82.3 Å². The van der Waals surface area contributed by atoms with Gasteiger partial charge in [-0.25, -0.2) is 0 Å². The zero-order valence-corrected chi connectivity index (χ0v) is 9.01. The lowest BCUT2D eigenvalue weighted by Crippen LogP contribution is -2.39. The van der Waals surface area contributed by atoms with Crippen LogP contribution in [-0.4, -0.2) is 12.1 Å². The van der Waals surface area contributed by atoms with Crippen LogP contribution in [0.3, 0.4) is 0 Å². The predicted molar refractivity (Wildman–Crippen MR) is 57.4 cm³/mol. The highest BCUT2D eigenvalue weighted by Crippen LogP contribution is 2.31. The maximum Gasteiger partial charge on any atom is 0.0686 e. The lowest BCUT2D eigenvalue weighted by molar-refractivity contribution is 0.355. The summed E-state index contributed by atoms with van der Waals surface area (Å²) in [7, 11) is 0. The maximum absolute atomic E-state index is 5.43. The monoisotopic (exact) mass is 179 g/mol. The second-order valence-electron chi connectivity index (χ2n) is 4.31. The molecule has 0 aromatic heterocycles. The van der Waals surface area contributed by atoms with Crippen LogP contribution in [0.4, 0.5) is 0 Å². The Kier molecular flexibility index (Phi) is 3.81. The summed E-state index contributed by atoms with van der Waals surface area (Å²) >= 11 is 0. The minimum Gasteiger partial charge on any atom is -0.301 e. The van der Waals surface area contributed by atoms with Crippen molar-refractivity contribution in [1.29, 1.82) is 0 Å². The van der Waals surface area contributed by atoms with Crippen LogP contribution in [0.5, 0.6) is 0 Å². The van der Waals surface area contributed by atoms with Crippen molar-refractivity contribution in [2.45, 2.75) is 52.1 Å². The summed E-state index contributed by atoms with van der Waals surface area (Å²) < 4.78 is 0. The molecular formula is C12H21N. The molecule has 0 spiro atoms. The van der Waals surface area contributed by atoms with Crippen LogP contribution < -0.4 is 5.32 Å². The van der Waals surface area contributed by atoms with E-state index in [2.05, 4.69) is 32.0 Å². The molecule has 0 saturated heterocycles. The van der Waals surface area contributed by atoms with Gasteiger partial charge in [-0.1, -0.05) is 26.7 Å². The van der Waals surface area contributed by atoms with Gasteiger partial charge in [-0.05, 0) is 31.1 Å². The summed E-state index contributed by atoms with van der Waals surface area (Å²) in [6.45, 7) is 6.81. The summed E-state index contributed by atoms with van der Waals surface area (Å²) in [5.74, 6) is 4.44. The van der Waals surface area contributed by atoms with Crippen molar-refractivity contribution in [2.75, 3.05) is 0 Å². The van der Waals surface area contributed by atoms with Crippen LogP contribution in [0.25, 0.3) is 0 Å². The van der Waals surface area contributed by atoms with E-state index in [1.807, 2.05) is 0 Å². The molecule has 0 aromatic rings. The van der Waals surface area contributed by atoms with Gasteiger partial charge in [0.1, 0.15) is 0 Å². The van der Waals surface area contributed by atoms with E-state index in [-0.39, 0.29) is 6.04 Å². The van der Waals surface area contributed by atoms with Gasteiger partial charge in [-0.15, -0.1) is 6.42 Å². The van der Waals surface area contributed by atoms with Gasteiger partial charge in [-0.2, -0.15) is 0 Å². The fourth-order valence-corrected chi connectivity index (χ4v) is 2.14. The normalized spacial score (nSPS) is 35.7. The minimum absolute atomic E-state index is 0.276. The van der Waals surface area contributed by atoms with Gasteiger partial charge in [0.15, 0.2) is 0 Å². The van der Waals surface area contributed by atoms with E-state index in [0.717, 1.165) is 18.3 Å². The zero-order chi connectivity index (χ0) is 9.84. The van der Waals surface area contributed by atoms with E-state index in [9.17, 15) is 0 Å². The highest BCUT2D eigenvalue weighted by Gasteiger charge is 2.30. The molecule has 1 aliphatic carbocycles. The molecule has 0 radical (unpaired) electrons. The predicted octanol–water partition coefficient (Wildman–Crippen LogP) is 2.42. The van der Waals surface area contributed by atoms with Crippen LogP contribution in [-0.2, 0) is 0 Å². The molecule has 1 N–H and O–H groups in total. The van der Waals surface area contributed by atoms with Crippen molar-refractivity contribution in [3.05, 3.63) is 0 Å². The molecule has 4 atom stereocenters. The number of nitrogens with one attached hydrogen (secondary N) is 1. The number of terminal acetylenes is 1. The molecule has 1 aliphatic rings. The number of rotatable bonds is 3. The second kappa shape index (κ2) is 4.67. The molecule has 0 aliphatic heterocycles. The van der Waals surface area contributed by atoms with Gasteiger partial charge >= 0.3 is 0 Å². The van der Waals surface area contributed by atoms with Crippen LogP contribution >= 0.6 is 0 Å². The first-order valence-electron chi connectivity index (χ1n) is 5.41. The van der Waals surface area contributed by atoms with E-state index in [0.29, 0.717) is 6.04 Å². The molecule has 1 nitrogen and oxygen atoms in total. The first-order valence-corrected chi connectivity index (χ1v) is 5.41. The summed E-state index contributed by atoms with van der Waals surface area (Å²) in [5.41, 5.74) is 0. The summed E-state index contributed by atoms with van der Waals surface area (Å²) in [6.07, 6.45) is 9.10. The molecule has 1 saturated carbocycles. The molecule has 1 fully saturated rings. The second-order valence-corrected chi connectivity index (χ2v) is 4.31. The fraction of sp³-hybridized carbons (Fsp3) is 0.833. The van der Waals surface area contributed by atoms with E-state index in [1.54, 1.807) is 0 Å². The van der Waals surface area contributed by atoms with Crippen molar-refractivity contribution < 1.29 is 0 Å². The molecule has 13 heavy (non-hydrogen) atoms. The SMILES string of the molecule is C#CC(CC)NC1CCC(C)C1C. The first-order chi connectivity index (χ1) is 6.19. The van der Waals surface area contributed by atoms with Gasteiger partial charge in [0, 0.05) is 6.04 Å². The first kappa shape index (κ1) is 10.6. The molecule has 0 bridgehead atoms. The Morgan fingerprint density at radius 1 is 1.46 bits per heavy atom. The third-order valence-corrected chi connectivity index (χ3v) is 3.49. The lowest BCUT2D eigenvalue weighted by atomic mass is 9.97. The van der Waals surface area contributed by atoms with E-state index in [1.165, 1.54) is 12.8 Å². The average molecular weight is 179 g/mol. The maximum atomic E-state index is 5.43. The van der Waals surface area contributed by atoms with Crippen molar-refractivity contribution in [3.8, 4) is 12.3 Å². The molecule has 0 heterocycles. The smallest absolute Gasteiger partial charge is 0.0686 e. The third kappa shape index (κ3) is 2.48. The van der Waals surface area contributed by atoms with Crippen molar-refractivity contribution in [1.82, 2.24) is 5.32 Å². The Balaban J connectivity index is 2.42. The average Bonchev–Trinajstić information content (AvgIpc) is 2.45. The van der Waals surface area contributed by atoms with E-state index in [4.69, 9.17) is 6.42 Å². The molecule has 74 valence electrons. The van der Waals surface area contributed by atoms with Crippen LogP contribution in [0.2, 0.25) is 0 Å². The van der Waals surface area contributed by atoms with Crippen LogP contribution in [0.1, 0.15) is 40.0 Å². The Morgan fingerprint density at radius 3 is 2.54 bits per heavy atom. The van der Waals surface area contributed by atoms with Crippen molar-refractivity contribution >= 4 is 0 Å². The van der Waals surface area contributed by atoms with E-state index >= 15 is 0 Å². The molecular weight excluding hydrogens is 158 g/mol. The van der Waals surface area contributed by atoms with Gasteiger partial charge in [0.05, 0.1) is 6.04 Å². The highest BCUT2D eigenvalue weighted by molar-refractivity contribution is 5.00. The Bertz CT molecular complexity index is 192. The molecule has 0 aromatic carbocycles. The van der Waals surface area contributed by atoms with Gasteiger partial charge in [0.25, 0.3) is 0 Å². The minimum atomic E-state index is 0.276. The lowest BCUT2D eigenvalue weighted by Gasteiger charge is -2.22. The quantitative estimate of drug-likeness (QED) is 0.656. The molecule has 1 rings (SSSR count). The van der Waals surface area contributed by atoms with Crippen LogP contribution in [0, 0.1) is 24.2 Å². The van der Waals surface area contributed by atoms with Crippen molar-refractivity contribution in [3.63, 3.8) is 0 Å². The van der Waals surface area contributed by atoms with Gasteiger partial charge in [-0.3, -0.25) is 0 Å². The summed E-state index contributed by atoms with van der Waals surface area (Å²) in [5, 5.41) is 3.56. The van der Waals surface area contributed by atoms with Gasteiger partial charge < -0.3 is 5.32 Å². The standard InChI is InChI=1S/C12H21N/c1-5-11(6-2)13-12-8-7-9(3)10(12)4/h1,9-13H,6-8H2,2-4H3. The van der Waals surface area contributed by atoms with Gasteiger partial charge in [0.2, 0.25) is 0 Å². The Hall–Kier alpha value is -0.480. The third-order valence-electron chi connectivity index (χ3n) is 3.49. The zero-order valence-electron chi connectivity index (χ0n) is 9.01. The largest absolute Gasteiger partial charge is 0.301 e. The summed E-state index contributed by atoms with van der Waals surface area (Å²) in [4.78, 5) is 0. The fourth-order valence-electron chi connectivity index (χ4n) is 2.14. The van der Waals surface area contributed by atoms with Crippen molar-refractivity contribution in [2.24, 2.45) is 11.8 Å². The number of hydrogen-bond donors (Lipinski definition) is 1. The number of hydrogen-bond acceptors (Lipinski definition) is 1. The molecule has 1 heteroatoms. The molecule has 0 amide bonds. The molecule has 4 unspecified atom stereocenters. The highest BCUT2D eigenvalue weighted by atomic mass is 15.0. The Morgan fingerprint density at radius 2 is 2.15 bits per heavy atom. The topological polar surface area (TPSA) is 12.0 Å².